The molecule has 87 heavy (non-hydrogen) atoms. The second-order valence-corrected chi connectivity index (χ2v) is 22.5. The number of nitrogens with zero attached hydrogens (tertiary/aromatic N) is 4. The summed E-state index contributed by atoms with van der Waals surface area (Å²) in [7, 11) is 1.64. The Morgan fingerprint density at radius 1 is 0.494 bits per heavy atom. The Kier molecular flexibility index (Phi) is 19.6. The van der Waals surface area contributed by atoms with Gasteiger partial charge in [0.05, 0.1) is 31.2 Å². The highest BCUT2D eigenvalue weighted by Crippen LogP contribution is 2.34. The molecule has 7 unspecified atom stereocenters. The molecular weight excluding hydrogens is 1100 g/mol. The fraction of sp³-hybridized carbons (Fsp3) is 0.343. The third kappa shape index (κ3) is 14.6. The first-order chi connectivity index (χ1) is 42.2. The molecule has 0 saturated carbocycles. The fourth-order valence-corrected chi connectivity index (χ4v) is 12.1. The lowest BCUT2D eigenvalue weighted by Gasteiger charge is -2.39. The summed E-state index contributed by atoms with van der Waals surface area (Å²) < 4.78 is 6.15. The van der Waals surface area contributed by atoms with Crippen molar-refractivity contribution in [2.75, 3.05) is 43.9 Å². The van der Waals surface area contributed by atoms with Crippen LogP contribution in [0.2, 0.25) is 0 Å². The van der Waals surface area contributed by atoms with E-state index in [2.05, 4.69) is 37.2 Å². The Balaban J connectivity index is 0.747. The van der Waals surface area contributed by atoms with Crippen LogP contribution < -0.4 is 42.0 Å². The molecule has 6 aromatic rings. The van der Waals surface area contributed by atoms with E-state index in [9.17, 15) is 38.4 Å². The first kappa shape index (κ1) is 60.6. The van der Waals surface area contributed by atoms with Gasteiger partial charge in [0.1, 0.15) is 35.7 Å². The lowest BCUT2D eigenvalue weighted by molar-refractivity contribution is -0.144. The quantitative estimate of drug-likeness (QED) is 0.0475. The monoisotopic (exact) mass is 1180 g/mol. The summed E-state index contributed by atoms with van der Waals surface area (Å²) in [5, 5.41) is 20.9. The zero-order valence-electron chi connectivity index (χ0n) is 49.1. The van der Waals surface area contributed by atoms with Gasteiger partial charge in [0.15, 0.2) is 0 Å². The van der Waals surface area contributed by atoms with Crippen molar-refractivity contribution in [2.24, 2.45) is 0 Å². The number of carbonyl (C=O) groups is 8. The highest BCUT2D eigenvalue weighted by atomic mass is 16.5. The van der Waals surface area contributed by atoms with Crippen molar-refractivity contribution in [2.45, 2.75) is 113 Å². The molecule has 4 saturated heterocycles. The maximum atomic E-state index is 14.7. The maximum absolute atomic E-state index is 14.7. The van der Waals surface area contributed by atoms with Crippen LogP contribution in [0.25, 0.3) is 0 Å². The minimum absolute atomic E-state index is 0.109. The van der Waals surface area contributed by atoms with Gasteiger partial charge in [-0.1, -0.05) is 128 Å². The van der Waals surface area contributed by atoms with E-state index < -0.39 is 72.1 Å². The molecule has 6 aromatic carbocycles. The summed E-state index contributed by atoms with van der Waals surface area (Å²) in [4.78, 5) is 119. The second kappa shape index (κ2) is 28.1. The summed E-state index contributed by atoms with van der Waals surface area (Å²) in [5.41, 5.74) is 4.51. The van der Waals surface area contributed by atoms with Gasteiger partial charge in [-0.25, -0.2) is 9.59 Å². The van der Waals surface area contributed by atoms with Crippen molar-refractivity contribution in [1.82, 2.24) is 46.2 Å². The molecule has 0 bridgehead atoms. The number of rotatable bonds is 17. The highest BCUT2D eigenvalue weighted by Gasteiger charge is 2.48. The number of fused-ring (bicyclic) bond motifs is 2. The average Bonchev–Trinajstić information content (AvgIpc) is 2.62. The molecule has 0 aliphatic carbocycles. The molecule has 0 spiro atoms. The molecule has 4 heterocycles. The lowest BCUT2D eigenvalue weighted by Crippen LogP contribution is -2.62. The molecule has 7 N–H and O–H groups in total. The van der Waals surface area contributed by atoms with E-state index in [-0.39, 0.29) is 62.4 Å². The fourth-order valence-electron chi connectivity index (χ4n) is 12.1. The summed E-state index contributed by atoms with van der Waals surface area (Å²) in [6.07, 6.45) is 2.89. The van der Waals surface area contributed by atoms with Crippen molar-refractivity contribution >= 4 is 58.9 Å². The zero-order valence-corrected chi connectivity index (χ0v) is 49.1. The van der Waals surface area contributed by atoms with Crippen LogP contribution in [0.3, 0.4) is 0 Å². The summed E-state index contributed by atoms with van der Waals surface area (Å²) in [6, 6.07) is 45.2. The third-order valence-corrected chi connectivity index (χ3v) is 16.9. The maximum Gasteiger partial charge on any atom is 0.321 e. The normalized spacial score (nSPS) is 20.6. The third-order valence-electron chi connectivity index (χ3n) is 16.9. The number of likely N-dealkylation sites (N-methyl/N-ethyl adjacent to an activating group) is 1. The molecule has 0 aromatic heterocycles. The molecule has 452 valence electrons. The number of benzene rings is 6. The van der Waals surface area contributed by atoms with E-state index in [1.807, 2.05) is 121 Å². The second-order valence-electron chi connectivity index (χ2n) is 22.5. The first-order valence-electron chi connectivity index (χ1n) is 30.0. The predicted molar refractivity (Wildman–Crippen MR) is 329 cm³/mol. The van der Waals surface area contributed by atoms with Crippen LogP contribution in [0, 0.1) is 0 Å². The molecule has 4 aliphatic rings. The van der Waals surface area contributed by atoms with Crippen LogP contribution in [-0.4, -0.2) is 143 Å². The molecule has 7 atom stereocenters. The molecule has 4 fully saturated rings. The number of urea groups is 2. The lowest BCUT2D eigenvalue weighted by atomic mass is 9.98. The van der Waals surface area contributed by atoms with Gasteiger partial charge >= 0.3 is 12.1 Å². The van der Waals surface area contributed by atoms with Crippen LogP contribution in [0.1, 0.15) is 93.1 Å². The van der Waals surface area contributed by atoms with Gasteiger partial charge in [-0.05, 0) is 123 Å². The molecule has 0 radical (unpaired) electrons. The van der Waals surface area contributed by atoms with Gasteiger partial charge in [0.25, 0.3) is 0 Å². The SMILES string of the molecule is CCC(=O)NC1CN(C(=O)Nc2ccc(Oc3ccc(NC(=O)N4CCC5CCC(C(=O)NC(c6ccccc6)c6ccccc6)N5C(=O)C(NC(=O)C(C)NC)C4)cc3)cc2)CCC2CCC(C(=O)NC(c3ccccc3)c3ccccc3)N2C1=O. The van der Waals surface area contributed by atoms with Crippen LogP contribution in [0.15, 0.2) is 170 Å². The largest absolute Gasteiger partial charge is 0.457 e. The van der Waals surface area contributed by atoms with Gasteiger partial charge in [-0.2, -0.15) is 0 Å². The predicted octanol–water partition coefficient (Wildman–Crippen LogP) is 7.47. The Hall–Kier alpha value is -9.56. The van der Waals surface area contributed by atoms with E-state index in [4.69, 9.17) is 4.74 Å². The summed E-state index contributed by atoms with van der Waals surface area (Å²) >= 11 is 0. The van der Waals surface area contributed by atoms with Crippen LogP contribution >= 0.6 is 0 Å². The van der Waals surface area contributed by atoms with E-state index in [1.54, 1.807) is 79.2 Å². The van der Waals surface area contributed by atoms with Crippen molar-refractivity contribution in [1.29, 1.82) is 0 Å². The van der Waals surface area contributed by atoms with Crippen LogP contribution in [0.5, 0.6) is 11.5 Å². The van der Waals surface area contributed by atoms with E-state index in [1.165, 1.54) is 9.80 Å². The molecule has 20 nitrogen and oxygen atoms in total. The highest BCUT2D eigenvalue weighted by molar-refractivity contribution is 5.97. The Labute approximate surface area is 506 Å². The topological polar surface area (TPSA) is 243 Å². The zero-order chi connectivity index (χ0) is 61.0. The standard InChI is InChI=1S/C67H75N11O9/c1-4-58(79)71-54-41-75(39-37-50-29-35-56(77(50)64(54)83)62(81)73-59(44-17-9-5-10-18-44)45-19-11-6-12-20-45)66(85)69-48-25-31-52(32-26-48)87-53-33-27-49(28-34-53)70-67(86)76-40-38-51-30-36-57(78(51)65(84)55(42-76)72-61(80)43(2)68-3)63(82)74-60(46-21-13-7-14-22-46)47-23-15-8-16-24-47/h5-28,31-34,43,50-51,54-57,59-60,68H,4,29-30,35-42H2,1-3H3,(H,69,85)(H,70,86)(H,71,79)(H,72,80)(H,73,81)(H,74,82). The molecular formula is C67H75N11O9. The summed E-state index contributed by atoms with van der Waals surface area (Å²) in [5.74, 6) is -1.30. The Morgan fingerprint density at radius 2 is 0.862 bits per heavy atom. The average molecular weight is 1180 g/mol. The van der Waals surface area contributed by atoms with Gasteiger partial charge in [-0.3, -0.25) is 28.8 Å². The van der Waals surface area contributed by atoms with E-state index in [0.29, 0.717) is 61.4 Å². The number of hydrogen-bond acceptors (Lipinski definition) is 10. The molecule has 4 aliphatic heterocycles. The minimum Gasteiger partial charge on any atom is -0.457 e. The minimum atomic E-state index is -1.14. The molecule has 10 rings (SSSR count). The number of nitrogens with one attached hydrogen (secondary N) is 7. The Morgan fingerprint density at radius 3 is 1.22 bits per heavy atom. The number of ether oxygens (including phenoxy) is 1. The van der Waals surface area contributed by atoms with Crippen molar-refractivity contribution in [3.05, 3.63) is 192 Å². The van der Waals surface area contributed by atoms with Crippen LogP contribution in [-0.2, 0) is 28.8 Å². The van der Waals surface area contributed by atoms with Crippen LogP contribution in [0.4, 0.5) is 21.0 Å². The smallest absolute Gasteiger partial charge is 0.321 e. The van der Waals surface area contributed by atoms with Crippen molar-refractivity contribution < 1.29 is 43.1 Å². The number of amides is 10. The summed E-state index contributed by atoms with van der Waals surface area (Å²) in [6.45, 7) is 3.63. The van der Waals surface area contributed by atoms with Gasteiger partial charge in [-0.15, -0.1) is 0 Å². The molecule has 10 amide bonds. The van der Waals surface area contributed by atoms with E-state index in [0.717, 1.165) is 22.3 Å². The van der Waals surface area contributed by atoms with Gasteiger partial charge in [0.2, 0.25) is 35.4 Å². The first-order valence-corrected chi connectivity index (χ1v) is 30.0. The van der Waals surface area contributed by atoms with Crippen molar-refractivity contribution in [3.63, 3.8) is 0 Å². The number of carbonyl (C=O) groups excluding carboxylic acids is 8. The van der Waals surface area contributed by atoms with Crippen molar-refractivity contribution in [3.8, 4) is 11.5 Å². The van der Waals surface area contributed by atoms with Gasteiger partial charge < -0.3 is 61.6 Å². The van der Waals surface area contributed by atoms with E-state index >= 15 is 0 Å². The Bertz CT molecular complexity index is 3300. The number of hydrogen-bond donors (Lipinski definition) is 7. The van der Waals surface area contributed by atoms with Gasteiger partial charge in [0, 0.05) is 43.0 Å². The number of anilines is 2. The molecule has 20 heteroatoms.